The number of carbonyl (C=O) groups is 1. The maximum absolute atomic E-state index is 12.5. The van der Waals surface area contributed by atoms with Gasteiger partial charge in [0.25, 0.3) is 5.91 Å². The fraction of sp³-hybridized carbons (Fsp3) is 0.562. The van der Waals surface area contributed by atoms with E-state index in [1.54, 1.807) is 0 Å². The third-order valence-corrected chi connectivity index (χ3v) is 3.78. The number of rotatable bonds is 5. The number of amides is 1. The van der Waals surface area contributed by atoms with Crippen LogP contribution < -0.4 is 10.1 Å². The highest BCUT2D eigenvalue weighted by molar-refractivity contribution is 5.81. The molecule has 0 aromatic heterocycles. The predicted octanol–water partition coefficient (Wildman–Crippen LogP) is 1.97. The molecule has 4 nitrogen and oxygen atoms in total. The molecular formula is C16H24N2O2. The molecule has 2 rings (SSSR count). The molecule has 1 fully saturated rings. The van der Waals surface area contributed by atoms with E-state index >= 15 is 0 Å². The number of hydrogen-bond donors (Lipinski definition) is 1. The van der Waals surface area contributed by atoms with E-state index in [0.29, 0.717) is 6.04 Å². The Morgan fingerprint density at radius 3 is 2.80 bits per heavy atom. The van der Waals surface area contributed by atoms with Gasteiger partial charge < -0.3 is 15.0 Å². The summed E-state index contributed by atoms with van der Waals surface area (Å²) in [7, 11) is 1.92. The number of benzene rings is 1. The number of ether oxygens (including phenoxy) is 1. The summed E-state index contributed by atoms with van der Waals surface area (Å²) < 4.78 is 5.76. The lowest BCUT2D eigenvalue weighted by Crippen LogP contribution is -2.46. The van der Waals surface area contributed by atoms with Gasteiger partial charge in [0.15, 0.2) is 6.10 Å². The summed E-state index contributed by atoms with van der Waals surface area (Å²) in [5.41, 5.74) is 1.19. The second kappa shape index (κ2) is 6.75. The Hall–Kier alpha value is -1.55. The lowest BCUT2D eigenvalue weighted by Gasteiger charge is -2.27. The molecule has 20 heavy (non-hydrogen) atoms. The normalized spacial score (nSPS) is 19.9. The maximum Gasteiger partial charge on any atom is 0.263 e. The molecular weight excluding hydrogens is 252 g/mol. The van der Waals surface area contributed by atoms with Crippen molar-refractivity contribution in [2.24, 2.45) is 0 Å². The van der Waals surface area contributed by atoms with Gasteiger partial charge in [-0.25, -0.2) is 0 Å². The summed E-state index contributed by atoms with van der Waals surface area (Å²) >= 11 is 0. The van der Waals surface area contributed by atoms with Crippen molar-refractivity contribution < 1.29 is 9.53 Å². The van der Waals surface area contributed by atoms with E-state index in [1.165, 1.54) is 5.56 Å². The first kappa shape index (κ1) is 14.9. The van der Waals surface area contributed by atoms with Crippen molar-refractivity contribution in [1.82, 2.24) is 10.2 Å². The standard InChI is InChI=1S/C16H24N2O2/c1-12-6-8-15(9-7-12)20-13(2)16(19)18-10-4-5-14(18)11-17-3/h6-9,13-14,17H,4-5,10-11H2,1-3H3. The Labute approximate surface area is 121 Å². The van der Waals surface area contributed by atoms with Crippen molar-refractivity contribution in [3.63, 3.8) is 0 Å². The van der Waals surface area contributed by atoms with Crippen LogP contribution in [0.5, 0.6) is 5.75 Å². The van der Waals surface area contributed by atoms with E-state index in [4.69, 9.17) is 4.74 Å². The van der Waals surface area contributed by atoms with Crippen LogP contribution in [-0.2, 0) is 4.79 Å². The van der Waals surface area contributed by atoms with Crippen LogP contribution in [0.4, 0.5) is 0 Å². The molecule has 110 valence electrons. The SMILES string of the molecule is CNCC1CCCN1C(=O)C(C)Oc1ccc(C)cc1. The topological polar surface area (TPSA) is 41.6 Å². The van der Waals surface area contributed by atoms with Gasteiger partial charge in [0, 0.05) is 19.1 Å². The molecule has 1 aliphatic heterocycles. The van der Waals surface area contributed by atoms with Gasteiger partial charge in [0.1, 0.15) is 5.75 Å². The van der Waals surface area contributed by atoms with Crippen molar-refractivity contribution in [3.05, 3.63) is 29.8 Å². The molecule has 0 saturated carbocycles. The van der Waals surface area contributed by atoms with Crippen molar-refractivity contribution in [2.45, 2.75) is 38.8 Å². The predicted molar refractivity (Wildman–Crippen MR) is 79.9 cm³/mol. The second-order valence-electron chi connectivity index (χ2n) is 5.46. The smallest absolute Gasteiger partial charge is 0.263 e. The Balaban J connectivity index is 1.96. The second-order valence-corrected chi connectivity index (χ2v) is 5.46. The number of likely N-dealkylation sites (N-methyl/N-ethyl adjacent to an activating group) is 1. The fourth-order valence-corrected chi connectivity index (χ4v) is 2.68. The van der Waals surface area contributed by atoms with E-state index in [0.717, 1.165) is 31.7 Å². The van der Waals surface area contributed by atoms with Crippen LogP contribution in [0, 0.1) is 6.92 Å². The van der Waals surface area contributed by atoms with Crippen LogP contribution in [0.15, 0.2) is 24.3 Å². The third kappa shape index (κ3) is 3.51. The molecule has 0 aliphatic carbocycles. The van der Waals surface area contributed by atoms with E-state index in [1.807, 2.05) is 50.1 Å². The Morgan fingerprint density at radius 1 is 1.45 bits per heavy atom. The van der Waals surface area contributed by atoms with Gasteiger partial charge in [0.05, 0.1) is 0 Å². The molecule has 1 aromatic carbocycles. The zero-order valence-electron chi connectivity index (χ0n) is 12.6. The van der Waals surface area contributed by atoms with Crippen molar-refractivity contribution in [2.75, 3.05) is 20.1 Å². The Kier molecular flexibility index (Phi) is 5.01. The highest BCUT2D eigenvalue weighted by Crippen LogP contribution is 2.20. The number of nitrogens with one attached hydrogen (secondary N) is 1. The number of hydrogen-bond acceptors (Lipinski definition) is 3. The van der Waals surface area contributed by atoms with E-state index in [2.05, 4.69) is 5.32 Å². The van der Waals surface area contributed by atoms with Crippen LogP contribution in [0.2, 0.25) is 0 Å². The average molecular weight is 276 g/mol. The first-order valence-corrected chi connectivity index (χ1v) is 7.30. The van der Waals surface area contributed by atoms with Gasteiger partial charge in [-0.15, -0.1) is 0 Å². The van der Waals surface area contributed by atoms with Gasteiger partial charge in [-0.3, -0.25) is 4.79 Å². The van der Waals surface area contributed by atoms with Crippen molar-refractivity contribution in [3.8, 4) is 5.75 Å². The van der Waals surface area contributed by atoms with Gasteiger partial charge in [0.2, 0.25) is 0 Å². The molecule has 2 atom stereocenters. The van der Waals surface area contributed by atoms with E-state index in [-0.39, 0.29) is 5.91 Å². The highest BCUT2D eigenvalue weighted by atomic mass is 16.5. The lowest BCUT2D eigenvalue weighted by atomic mass is 10.2. The molecule has 1 aromatic rings. The van der Waals surface area contributed by atoms with Gasteiger partial charge in [-0.1, -0.05) is 17.7 Å². The molecule has 0 bridgehead atoms. The number of nitrogens with zero attached hydrogens (tertiary/aromatic N) is 1. The lowest BCUT2D eigenvalue weighted by molar-refractivity contribution is -0.138. The third-order valence-electron chi connectivity index (χ3n) is 3.78. The van der Waals surface area contributed by atoms with Crippen LogP contribution >= 0.6 is 0 Å². The van der Waals surface area contributed by atoms with Crippen LogP contribution in [0.1, 0.15) is 25.3 Å². The van der Waals surface area contributed by atoms with Crippen LogP contribution in [0.3, 0.4) is 0 Å². The molecule has 0 spiro atoms. The van der Waals surface area contributed by atoms with E-state index in [9.17, 15) is 4.79 Å². The molecule has 1 heterocycles. The van der Waals surface area contributed by atoms with Gasteiger partial charge >= 0.3 is 0 Å². The fourth-order valence-electron chi connectivity index (χ4n) is 2.68. The number of carbonyl (C=O) groups excluding carboxylic acids is 1. The number of likely N-dealkylation sites (tertiary alicyclic amines) is 1. The quantitative estimate of drug-likeness (QED) is 0.894. The minimum absolute atomic E-state index is 0.0864. The number of aryl methyl sites for hydroxylation is 1. The summed E-state index contributed by atoms with van der Waals surface area (Å²) in [5, 5.41) is 3.15. The summed E-state index contributed by atoms with van der Waals surface area (Å²) in [5.74, 6) is 0.837. The minimum atomic E-state index is -0.435. The van der Waals surface area contributed by atoms with Crippen molar-refractivity contribution >= 4 is 5.91 Å². The highest BCUT2D eigenvalue weighted by Gasteiger charge is 2.31. The zero-order valence-corrected chi connectivity index (χ0v) is 12.6. The summed E-state index contributed by atoms with van der Waals surface area (Å²) in [4.78, 5) is 14.4. The monoisotopic (exact) mass is 276 g/mol. The summed E-state index contributed by atoms with van der Waals surface area (Å²) in [6.07, 6.45) is 1.72. The maximum atomic E-state index is 12.5. The summed E-state index contributed by atoms with van der Waals surface area (Å²) in [6, 6.07) is 8.11. The van der Waals surface area contributed by atoms with Crippen LogP contribution in [0.25, 0.3) is 0 Å². The zero-order chi connectivity index (χ0) is 14.5. The Morgan fingerprint density at radius 2 is 2.15 bits per heavy atom. The molecule has 4 heteroatoms. The minimum Gasteiger partial charge on any atom is -0.481 e. The van der Waals surface area contributed by atoms with Crippen LogP contribution in [-0.4, -0.2) is 43.1 Å². The molecule has 2 unspecified atom stereocenters. The van der Waals surface area contributed by atoms with Crippen molar-refractivity contribution in [1.29, 1.82) is 0 Å². The molecule has 1 N–H and O–H groups in total. The Bertz CT molecular complexity index is 444. The molecule has 1 amide bonds. The molecule has 1 aliphatic rings. The van der Waals surface area contributed by atoms with E-state index < -0.39 is 6.10 Å². The average Bonchev–Trinajstić information content (AvgIpc) is 2.89. The first-order valence-electron chi connectivity index (χ1n) is 7.30. The van der Waals surface area contributed by atoms with Gasteiger partial charge in [-0.2, -0.15) is 0 Å². The van der Waals surface area contributed by atoms with Gasteiger partial charge in [-0.05, 0) is 45.9 Å². The first-order chi connectivity index (χ1) is 9.61. The largest absolute Gasteiger partial charge is 0.481 e. The molecule has 0 radical (unpaired) electrons. The molecule has 1 saturated heterocycles. The summed E-state index contributed by atoms with van der Waals surface area (Å²) in [6.45, 7) is 5.55.